The number of hydrogen-bond acceptors (Lipinski definition) is 0. The molecule has 3 aromatic carbocycles. The van der Waals surface area contributed by atoms with Crippen LogP contribution in [0, 0.1) is 0 Å². The van der Waals surface area contributed by atoms with Gasteiger partial charge in [0.15, 0.2) is 0 Å². The van der Waals surface area contributed by atoms with E-state index in [9.17, 15) is 0 Å². The van der Waals surface area contributed by atoms with Gasteiger partial charge in [0.1, 0.15) is 0 Å². The molecule has 3 aromatic rings. The number of fused-ring (bicyclic) bond motifs is 4. The van der Waals surface area contributed by atoms with E-state index in [1.165, 1.54) is 38.6 Å². The van der Waals surface area contributed by atoms with Gasteiger partial charge in [0, 0.05) is 0 Å². The average Bonchev–Trinajstić information content (AvgIpc) is 2.78. The lowest BCUT2D eigenvalue weighted by molar-refractivity contribution is 1.63. The molecular weight excluding hydrogens is 228 g/mol. The Bertz CT molecular complexity index is 822. The SMILES string of the molecule is C/C=C1\c2ccccc2-c2cc3ccccc3cc21. The fourth-order valence-electron chi connectivity index (χ4n) is 3.09. The standard InChI is InChI=1S/C19H14/c1-2-15-16-9-5-6-10-17(16)19-12-14-8-4-3-7-13(14)11-18(15)19/h2-12H,1H3/b15-2+. The third kappa shape index (κ3) is 1.40. The van der Waals surface area contributed by atoms with Gasteiger partial charge < -0.3 is 0 Å². The van der Waals surface area contributed by atoms with Crippen LogP contribution in [0.15, 0.2) is 66.7 Å². The molecule has 1 aliphatic carbocycles. The maximum absolute atomic E-state index is 2.32. The first-order valence-electron chi connectivity index (χ1n) is 6.68. The fraction of sp³-hybridized carbons (Fsp3) is 0.0526. The van der Waals surface area contributed by atoms with Crippen molar-refractivity contribution in [1.29, 1.82) is 0 Å². The van der Waals surface area contributed by atoms with Crippen LogP contribution in [0.3, 0.4) is 0 Å². The number of hydrogen-bond donors (Lipinski definition) is 0. The lowest BCUT2D eigenvalue weighted by atomic mass is 9.99. The van der Waals surface area contributed by atoms with Crippen molar-refractivity contribution in [2.75, 3.05) is 0 Å². The van der Waals surface area contributed by atoms with E-state index in [-0.39, 0.29) is 0 Å². The summed E-state index contributed by atoms with van der Waals surface area (Å²) in [6, 6.07) is 21.9. The topological polar surface area (TPSA) is 0 Å². The summed E-state index contributed by atoms with van der Waals surface area (Å²) in [7, 11) is 0. The second kappa shape index (κ2) is 3.83. The summed E-state index contributed by atoms with van der Waals surface area (Å²) in [6.07, 6.45) is 2.22. The van der Waals surface area contributed by atoms with Crippen LogP contribution in [-0.4, -0.2) is 0 Å². The number of rotatable bonds is 0. The molecule has 0 heteroatoms. The van der Waals surface area contributed by atoms with E-state index in [0.29, 0.717) is 0 Å². The summed E-state index contributed by atoms with van der Waals surface area (Å²) in [5.74, 6) is 0. The molecule has 90 valence electrons. The molecule has 0 nitrogen and oxygen atoms in total. The van der Waals surface area contributed by atoms with E-state index in [4.69, 9.17) is 0 Å². The fourth-order valence-corrected chi connectivity index (χ4v) is 3.09. The van der Waals surface area contributed by atoms with E-state index in [2.05, 4.69) is 73.7 Å². The van der Waals surface area contributed by atoms with Crippen molar-refractivity contribution in [1.82, 2.24) is 0 Å². The van der Waals surface area contributed by atoms with Crippen LogP contribution in [0.25, 0.3) is 27.5 Å². The Balaban J connectivity index is 2.14. The first kappa shape index (κ1) is 10.6. The Labute approximate surface area is 113 Å². The van der Waals surface area contributed by atoms with Gasteiger partial charge in [0.05, 0.1) is 0 Å². The predicted octanol–water partition coefficient (Wildman–Crippen LogP) is 5.27. The molecule has 0 heterocycles. The minimum Gasteiger partial charge on any atom is -0.0791 e. The van der Waals surface area contributed by atoms with E-state index in [0.717, 1.165) is 0 Å². The highest BCUT2D eigenvalue weighted by atomic mass is 14.3. The number of benzene rings is 3. The molecular formula is C19H14. The molecule has 0 N–H and O–H groups in total. The third-order valence-electron chi connectivity index (χ3n) is 3.97. The Morgan fingerprint density at radius 1 is 0.632 bits per heavy atom. The second-order valence-electron chi connectivity index (χ2n) is 4.99. The minimum absolute atomic E-state index is 1.31. The van der Waals surface area contributed by atoms with E-state index >= 15 is 0 Å². The van der Waals surface area contributed by atoms with E-state index in [1.807, 2.05) is 0 Å². The molecule has 0 radical (unpaired) electrons. The van der Waals surface area contributed by atoms with Crippen molar-refractivity contribution >= 4 is 16.3 Å². The van der Waals surface area contributed by atoms with Gasteiger partial charge in [-0.2, -0.15) is 0 Å². The number of allylic oxidation sites excluding steroid dienone is 1. The first-order chi connectivity index (χ1) is 9.38. The van der Waals surface area contributed by atoms with Crippen LogP contribution in [0.2, 0.25) is 0 Å². The summed E-state index contributed by atoms with van der Waals surface area (Å²) >= 11 is 0. The summed E-state index contributed by atoms with van der Waals surface area (Å²) in [4.78, 5) is 0. The lowest BCUT2D eigenvalue weighted by Crippen LogP contribution is -1.81. The van der Waals surface area contributed by atoms with E-state index < -0.39 is 0 Å². The third-order valence-corrected chi connectivity index (χ3v) is 3.97. The molecule has 0 bridgehead atoms. The van der Waals surface area contributed by atoms with Gasteiger partial charge in [-0.3, -0.25) is 0 Å². The zero-order chi connectivity index (χ0) is 12.8. The molecule has 0 spiro atoms. The largest absolute Gasteiger partial charge is 0.0791 e. The second-order valence-corrected chi connectivity index (χ2v) is 4.99. The molecule has 0 unspecified atom stereocenters. The van der Waals surface area contributed by atoms with Gasteiger partial charge in [-0.15, -0.1) is 0 Å². The molecule has 4 rings (SSSR count). The minimum atomic E-state index is 1.31. The zero-order valence-electron chi connectivity index (χ0n) is 10.9. The van der Waals surface area contributed by atoms with Crippen LogP contribution in [0.1, 0.15) is 18.1 Å². The summed E-state index contributed by atoms with van der Waals surface area (Å²) < 4.78 is 0. The van der Waals surface area contributed by atoms with Crippen molar-refractivity contribution in [2.24, 2.45) is 0 Å². The van der Waals surface area contributed by atoms with Gasteiger partial charge in [-0.1, -0.05) is 54.6 Å². The average molecular weight is 242 g/mol. The summed E-state index contributed by atoms with van der Waals surface area (Å²) in [6.45, 7) is 2.12. The lowest BCUT2D eigenvalue weighted by Gasteiger charge is -2.04. The molecule has 0 aliphatic heterocycles. The Hall–Kier alpha value is -2.34. The van der Waals surface area contributed by atoms with E-state index in [1.54, 1.807) is 0 Å². The molecule has 0 saturated heterocycles. The Morgan fingerprint density at radius 3 is 1.89 bits per heavy atom. The smallest absolute Gasteiger partial charge is 0.00927 e. The summed E-state index contributed by atoms with van der Waals surface area (Å²) in [5.41, 5.74) is 6.80. The monoisotopic (exact) mass is 242 g/mol. The van der Waals surface area contributed by atoms with Gasteiger partial charge in [-0.25, -0.2) is 0 Å². The first-order valence-corrected chi connectivity index (χ1v) is 6.68. The maximum atomic E-state index is 2.32. The maximum Gasteiger partial charge on any atom is -0.00927 e. The van der Waals surface area contributed by atoms with Gasteiger partial charge in [0.2, 0.25) is 0 Å². The van der Waals surface area contributed by atoms with Crippen molar-refractivity contribution in [3.8, 4) is 11.1 Å². The molecule has 1 aliphatic rings. The van der Waals surface area contributed by atoms with Crippen molar-refractivity contribution in [2.45, 2.75) is 6.92 Å². The summed E-state index contributed by atoms with van der Waals surface area (Å²) in [5, 5.41) is 2.63. The highest BCUT2D eigenvalue weighted by Gasteiger charge is 2.22. The van der Waals surface area contributed by atoms with Crippen LogP contribution in [0.5, 0.6) is 0 Å². The quantitative estimate of drug-likeness (QED) is 0.394. The van der Waals surface area contributed by atoms with Crippen molar-refractivity contribution in [3.63, 3.8) is 0 Å². The Kier molecular flexibility index (Phi) is 2.13. The normalized spacial score (nSPS) is 14.7. The molecule has 0 aromatic heterocycles. The molecule has 0 saturated carbocycles. The van der Waals surface area contributed by atoms with Crippen molar-refractivity contribution in [3.05, 3.63) is 77.9 Å². The van der Waals surface area contributed by atoms with Crippen LogP contribution in [-0.2, 0) is 0 Å². The predicted molar refractivity (Wildman–Crippen MR) is 82.1 cm³/mol. The zero-order valence-corrected chi connectivity index (χ0v) is 10.9. The highest BCUT2D eigenvalue weighted by molar-refractivity contribution is 6.05. The highest BCUT2D eigenvalue weighted by Crippen LogP contribution is 2.45. The van der Waals surface area contributed by atoms with Crippen LogP contribution < -0.4 is 0 Å². The Morgan fingerprint density at radius 2 is 1.21 bits per heavy atom. The molecule has 19 heavy (non-hydrogen) atoms. The molecule has 0 atom stereocenters. The van der Waals surface area contributed by atoms with Crippen LogP contribution >= 0.6 is 0 Å². The van der Waals surface area contributed by atoms with Gasteiger partial charge in [-0.05, 0) is 57.7 Å². The molecule has 0 amide bonds. The van der Waals surface area contributed by atoms with Gasteiger partial charge in [0.25, 0.3) is 0 Å². The van der Waals surface area contributed by atoms with Gasteiger partial charge >= 0.3 is 0 Å². The molecule has 0 fully saturated rings. The van der Waals surface area contributed by atoms with Crippen LogP contribution in [0.4, 0.5) is 0 Å². The van der Waals surface area contributed by atoms with Crippen molar-refractivity contribution < 1.29 is 0 Å².